The lowest BCUT2D eigenvalue weighted by Crippen LogP contribution is -2.34. The number of hydrogen-bond donors (Lipinski definition) is 2. The van der Waals surface area contributed by atoms with Gasteiger partial charge in [0.05, 0.1) is 10.7 Å². The molecule has 0 saturated carbocycles. The zero-order valence-electron chi connectivity index (χ0n) is 6.76. The summed E-state index contributed by atoms with van der Waals surface area (Å²) in [6.07, 6.45) is 0. The summed E-state index contributed by atoms with van der Waals surface area (Å²) in [4.78, 5) is 28.3. The highest BCUT2D eigenvalue weighted by molar-refractivity contribution is 6.36. The molecular formula is C8H4N2O4. The van der Waals surface area contributed by atoms with Gasteiger partial charge in [0, 0.05) is 12.1 Å². The summed E-state index contributed by atoms with van der Waals surface area (Å²) < 4.78 is 0. The van der Waals surface area contributed by atoms with E-state index in [1.807, 2.05) is 0 Å². The molecule has 0 atom stereocenters. The fraction of sp³-hybridized carbons (Fsp3) is 0. The zero-order valence-corrected chi connectivity index (χ0v) is 6.76. The maximum Gasteiger partial charge on any atom is 0.338 e. The minimum Gasteiger partial charge on any atom is -0.504 e. The SMILES string of the molecule is O=C1N=c2cc(O)c(O)cc2=NC1=O. The molecule has 1 aromatic rings. The summed E-state index contributed by atoms with van der Waals surface area (Å²) in [6, 6.07) is 2.14. The summed E-state index contributed by atoms with van der Waals surface area (Å²) in [7, 11) is 0. The number of rotatable bonds is 0. The van der Waals surface area contributed by atoms with Gasteiger partial charge < -0.3 is 10.2 Å². The quantitative estimate of drug-likeness (QED) is 0.382. The van der Waals surface area contributed by atoms with Crippen LogP contribution in [-0.4, -0.2) is 22.0 Å². The van der Waals surface area contributed by atoms with Gasteiger partial charge in [-0.25, -0.2) is 9.98 Å². The average Bonchev–Trinajstić information content (AvgIpc) is 2.11. The number of hydrogen-bond acceptors (Lipinski definition) is 4. The molecule has 70 valence electrons. The van der Waals surface area contributed by atoms with Crippen LogP contribution in [0.3, 0.4) is 0 Å². The first-order chi connectivity index (χ1) is 6.58. The van der Waals surface area contributed by atoms with Crippen LogP contribution in [0.25, 0.3) is 0 Å². The van der Waals surface area contributed by atoms with Crippen LogP contribution in [0.1, 0.15) is 0 Å². The fourth-order valence-corrected chi connectivity index (χ4v) is 1.05. The van der Waals surface area contributed by atoms with Gasteiger partial charge >= 0.3 is 11.8 Å². The Kier molecular flexibility index (Phi) is 1.57. The zero-order chi connectivity index (χ0) is 10.3. The highest BCUT2D eigenvalue weighted by Crippen LogP contribution is 2.18. The molecule has 14 heavy (non-hydrogen) atoms. The van der Waals surface area contributed by atoms with E-state index < -0.39 is 23.3 Å². The summed E-state index contributed by atoms with van der Waals surface area (Å²) in [5.41, 5.74) is 0. The number of benzene rings is 1. The molecule has 6 heteroatoms. The Labute approximate surface area is 76.9 Å². The highest BCUT2D eigenvalue weighted by Gasteiger charge is 2.16. The summed E-state index contributed by atoms with van der Waals surface area (Å²) in [6.45, 7) is 0. The second kappa shape index (κ2) is 2.63. The van der Waals surface area contributed by atoms with E-state index >= 15 is 0 Å². The van der Waals surface area contributed by atoms with Gasteiger partial charge in [-0.2, -0.15) is 0 Å². The first-order valence-electron chi connectivity index (χ1n) is 3.65. The van der Waals surface area contributed by atoms with Crippen molar-refractivity contribution in [3.63, 3.8) is 0 Å². The van der Waals surface area contributed by atoms with Gasteiger partial charge in [0.25, 0.3) is 0 Å². The number of carbonyl (C=O) groups excluding carboxylic acids is 2. The Morgan fingerprint density at radius 3 is 1.57 bits per heavy atom. The molecular weight excluding hydrogens is 188 g/mol. The van der Waals surface area contributed by atoms with Crippen molar-refractivity contribution in [2.75, 3.05) is 0 Å². The van der Waals surface area contributed by atoms with Crippen LogP contribution >= 0.6 is 0 Å². The van der Waals surface area contributed by atoms with Crippen LogP contribution in [0, 0.1) is 0 Å². The van der Waals surface area contributed by atoms with Gasteiger partial charge in [-0.15, -0.1) is 0 Å². The Bertz CT molecular complexity index is 510. The molecule has 0 aromatic heterocycles. The van der Waals surface area contributed by atoms with Crippen LogP contribution in [0.2, 0.25) is 0 Å². The number of amides is 2. The van der Waals surface area contributed by atoms with Gasteiger partial charge in [0.1, 0.15) is 0 Å². The molecule has 2 amide bonds. The lowest BCUT2D eigenvalue weighted by molar-refractivity contribution is -0.135. The third-order valence-corrected chi connectivity index (χ3v) is 1.70. The Balaban J connectivity index is 2.87. The van der Waals surface area contributed by atoms with Crippen molar-refractivity contribution in [2.45, 2.75) is 0 Å². The standard InChI is InChI=1S/C8H4N2O4/c11-5-1-3-4(2-6(5)12)10-8(14)7(13)9-3/h1-2,11-12H. The lowest BCUT2D eigenvalue weighted by Gasteiger charge is -1.99. The van der Waals surface area contributed by atoms with Crippen molar-refractivity contribution in [1.29, 1.82) is 0 Å². The van der Waals surface area contributed by atoms with Gasteiger partial charge in [0.15, 0.2) is 11.5 Å². The molecule has 0 radical (unpaired) electrons. The number of phenols is 2. The van der Waals surface area contributed by atoms with Crippen molar-refractivity contribution >= 4 is 11.8 Å². The van der Waals surface area contributed by atoms with E-state index in [0.717, 1.165) is 12.1 Å². The molecule has 0 spiro atoms. The van der Waals surface area contributed by atoms with Crippen molar-refractivity contribution in [3.8, 4) is 11.5 Å². The van der Waals surface area contributed by atoms with Crippen LogP contribution in [0.5, 0.6) is 11.5 Å². The number of fused-ring (bicyclic) bond motifs is 1. The number of nitrogens with zero attached hydrogens (tertiary/aromatic N) is 2. The van der Waals surface area contributed by atoms with Crippen LogP contribution in [0.15, 0.2) is 22.1 Å². The van der Waals surface area contributed by atoms with Crippen molar-refractivity contribution < 1.29 is 19.8 Å². The second-order valence-electron chi connectivity index (χ2n) is 2.66. The van der Waals surface area contributed by atoms with Gasteiger partial charge in [-0.1, -0.05) is 0 Å². The van der Waals surface area contributed by atoms with Crippen molar-refractivity contribution in [3.05, 3.63) is 22.8 Å². The summed E-state index contributed by atoms with van der Waals surface area (Å²) in [5.74, 6) is -2.79. The molecule has 2 rings (SSSR count). The molecule has 2 N–H and O–H groups in total. The molecule has 1 aliphatic rings. The third kappa shape index (κ3) is 1.13. The molecule has 0 fully saturated rings. The maximum atomic E-state index is 10.8. The third-order valence-electron chi connectivity index (χ3n) is 1.70. The minimum absolute atomic E-state index is 0.0740. The topological polar surface area (TPSA) is 99.3 Å². The maximum absolute atomic E-state index is 10.8. The van der Waals surface area contributed by atoms with Gasteiger partial charge in [-0.05, 0) is 0 Å². The number of carbonyl (C=O) groups is 2. The average molecular weight is 192 g/mol. The number of aromatic hydroxyl groups is 2. The fourth-order valence-electron chi connectivity index (χ4n) is 1.05. The molecule has 0 saturated heterocycles. The molecule has 1 aliphatic heterocycles. The van der Waals surface area contributed by atoms with E-state index in [4.69, 9.17) is 10.2 Å². The van der Waals surface area contributed by atoms with E-state index in [1.54, 1.807) is 0 Å². The smallest absolute Gasteiger partial charge is 0.338 e. The Morgan fingerprint density at radius 1 is 0.857 bits per heavy atom. The van der Waals surface area contributed by atoms with E-state index in [0.29, 0.717) is 0 Å². The van der Waals surface area contributed by atoms with Gasteiger partial charge in [-0.3, -0.25) is 9.59 Å². The molecule has 1 heterocycles. The predicted octanol–water partition coefficient (Wildman–Crippen LogP) is -1.60. The van der Waals surface area contributed by atoms with Crippen LogP contribution in [-0.2, 0) is 9.59 Å². The Morgan fingerprint density at radius 2 is 1.21 bits per heavy atom. The molecule has 1 aromatic carbocycles. The van der Waals surface area contributed by atoms with E-state index in [2.05, 4.69) is 9.98 Å². The molecule has 6 nitrogen and oxygen atoms in total. The normalized spacial score (nSPS) is 14.3. The van der Waals surface area contributed by atoms with E-state index in [1.165, 1.54) is 0 Å². The highest BCUT2D eigenvalue weighted by atomic mass is 16.3. The summed E-state index contributed by atoms with van der Waals surface area (Å²) >= 11 is 0. The lowest BCUT2D eigenvalue weighted by atomic mass is 10.2. The van der Waals surface area contributed by atoms with Crippen molar-refractivity contribution in [2.24, 2.45) is 9.98 Å². The minimum atomic E-state index is -0.984. The number of phenolic OH excluding ortho intramolecular Hbond substituents is 2. The van der Waals surface area contributed by atoms with E-state index in [-0.39, 0.29) is 10.7 Å². The predicted molar refractivity (Wildman–Crippen MR) is 42.1 cm³/mol. The molecule has 0 unspecified atom stereocenters. The van der Waals surface area contributed by atoms with Crippen LogP contribution < -0.4 is 10.7 Å². The first kappa shape index (κ1) is 8.36. The Hall–Kier alpha value is -2.24. The van der Waals surface area contributed by atoms with Crippen LogP contribution in [0.4, 0.5) is 0 Å². The second-order valence-corrected chi connectivity index (χ2v) is 2.66. The molecule has 0 aliphatic carbocycles. The largest absolute Gasteiger partial charge is 0.504 e. The monoisotopic (exact) mass is 192 g/mol. The summed E-state index contributed by atoms with van der Waals surface area (Å²) in [5, 5.41) is 18.3. The molecule has 0 bridgehead atoms. The van der Waals surface area contributed by atoms with Crippen molar-refractivity contribution in [1.82, 2.24) is 0 Å². The van der Waals surface area contributed by atoms with E-state index in [9.17, 15) is 9.59 Å². The van der Waals surface area contributed by atoms with Gasteiger partial charge in [0.2, 0.25) is 0 Å². The first-order valence-corrected chi connectivity index (χ1v) is 3.65.